The molecular weight excluding hydrogens is 396 g/mol. The first-order valence-corrected chi connectivity index (χ1v) is 12.0. The fourth-order valence-corrected chi connectivity index (χ4v) is 6.07. The third-order valence-electron chi connectivity index (χ3n) is 4.95. The zero-order chi connectivity index (χ0) is 19.9. The number of aryl methyl sites for hydroxylation is 1. The van der Waals surface area contributed by atoms with Crippen LogP contribution in [0.4, 0.5) is 0 Å². The standard InChI is InChI=1S/C19H22N4O3S2/c1-3-7-20-19(24)18-17-15(10-14(22-18)16-5-4-8-27-16)23(12(2)21-17)13-6-9-28(25,26)11-13/h4-5,8,10,13H,3,6-7,9,11H2,1-2H3,(H,20,24). The van der Waals surface area contributed by atoms with E-state index in [-0.39, 0.29) is 29.1 Å². The van der Waals surface area contributed by atoms with Crippen LogP contribution in [0.2, 0.25) is 0 Å². The van der Waals surface area contributed by atoms with E-state index in [1.54, 1.807) is 11.3 Å². The van der Waals surface area contributed by atoms with Crippen molar-refractivity contribution in [2.24, 2.45) is 0 Å². The maximum atomic E-state index is 12.8. The molecule has 0 bridgehead atoms. The number of nitrogens with one attached hydrogen (secondary N) is 1. The number of hydrogen-bond acceptors (Lipinski definition) is 6. The van der Waals surface area contributed by atoms with Crippen LogP contribution in [0, 0.1) is 6.92 Å². The monoisotopic (exact) mass is 418 g/mol. The summed E-state index contributed by atoms with van der Waals surface area (Å²) in [5.41, 5.74) is 2.28. The van der Waals surface area contributed by atoms with Gasteiger partial charge in [0.05, 0.1) is 33.6 Å². The van der Waals surface area contributed by atoms with Gasteiger partial charge in [-0.25, -0.2) is 18.4 Å². The van der Waals surface area contributed by atoms with Gasteiger partial charge in [0.25, 0.3) is 5.91 Å². The van der Waals surface area contributed by atoms with Crippen molar-refractivity contribution >= 4 is 38.1 Å². The summed E-state index contributed by atoms with van der Waals surface area (Å²) in [5, 5.41) is 4.84. The first kappa shape index (κ1) is 19.1. The van der Waals surface area contributed by atoms with E-state index in [4.69, 9.17) is 0 Å². The summed E-state index contributed by atoms with van der Waals surface area (Å²) in [7, 11) is -3.04. The van der Waals surface area contributed by atoms with Crippen LogP contribution in [-0.4, -0.2) is 46.9 Å². The molecule has 0 radical (unpaired) electrons. The van der Waals surface area contributed by atoms with Gasteiger partial charge in [-0.3, -0.25) is 4.79 Å². The molecule has 1 amide bonds. The largest absolute Gasteiger partial charge is 0.351 e. The molecule has 4 rings (SSSR count). The van der Waals surface area contributed by atoms with Gasteiger partial charge in [0.1, 0.15) is 11.3 Å². The molecule has 7 nitrogen and oxygen atoms in total. The number of fused-ring (bicyclic) bond motifs is 1. The third kappa shape index (κ3) is 3.44. The van der Waals surface area contributed by atoms with Crippen molar-refractivity contribution in [3.05, 3.63) is 35.1 Å². The number of nitrogens with zero attached hydrogens (tertiary/aromatic N) is 3. The molecule has 1 atom stereocenters. The summed E-state index contributed by atoms with van der Waals surface area (Å²) in [6, 6.07) is 5.65. The van der Waals surface area contributed by atoms with Gasteiger partial charge in [-0.1, -0.05) is 13.0 Å². The molecule has 3 aromatic heterocycles. The van der Waals surface area contributed by atoms with E-state index >= 15 is 0 Å². The van der Waals surface area contributed by atoms with Crippen LogP contribution in [0.1, 0.15) is 42.1 Å². The number of carbonyl (C=O) groups excluding carboxylic acids is 1. The van der Waals surface area contributed by atoms with Crippen LogP contribution in [0.5, 0.6) is 0 Å². The fourth-order valence-electron chi connectivity index (χ4n) is 3.68. The number of amides is 1. The van der Waals surface area contributed by atoms with E-state index in [2.05, 4.69) is 15.3 Å². The SMILES string of the molecule is CCCNC(=O)c1nc(-c2cccs2)cc2c1nc(C)n2C1CCS(=O)(=O)C1. The lowest BCUT2D eigenvalue weighted by molar-refractivity contribution is 0.0950. The quantitative estimate of drug-likeness (QED) is 0.687. The maximum Gasteiger partial charge on any atom is 0.272 e. The zero-order valence-electron chi connectivity index (χ0n) is 15.8. The molecule has 0 saturated carbocycles. The summed E-state index contributed by atoms with van der Waals surface area (Å²) in [4.78, 5) is 22.9. The molecule has 28 heavy (non-hydrogen) atoms. The predicted molar refractivity (Wildman–Crippen MR) is 111 cm³/mol. The Hall–Kier alpha value is -2.26. The Morgan fingerprint density at radius 2 is 2.21 bits per heavy atom. The molecular formula is C19H22N4O3S2. The number of sulfone groups is 1. The Morgan fingerprint density at radius 3 is 2.86 bits per heavy atom. The number of thiophene rings is 1. The lowest BCUT2D eigenvalue weighted by Crippen LogP contribution is -2.25. The molecule has 148 valence electrons. The number of carbonyl (C=O) groups is 1. The number of aromatic nitrogens is 3. The maximum absolute atomic E-state index is 12.8. The number of pyridine rings is 1. The Morgan fingerprint density at radius 1 is 1.39 bits per heavy atom. The molecule has 0 aromatic carbocycles. The summed E-state index contributed by atoms with van der Waals surface area (Å²) in [6.45, 7) is 4.40. The number of rotatable bonds is 5. The van der Waals surface area contributed by atoms with Crippen LogP contribution < -0.4 is 5.32 Å². The van der Waals surface area contributed by atoms with Crippen LogP contribution in [0.3, 0.4) is 0 Å². The number of hydrogen-bond donors (Lipinski definition) is 1. The van der Waals surface area contributed by atoms with Gasteiger partial charge in [-0.15, -0.1) is 11.3 Å². The van der Waals surface area contributed by atoms with Crippen LogP contribution in [-0.2, 0) is 9.84 Å². The van der Waals surface area contributed by atoms with Gasteiger partial charge < -0.3 is 9.88 Å². The van der Waals surface area contributed by atoms with Crippen molar-refractivity contribution in [3.8, 4) is 10.6 Å². The van der Waals surface area contributed by atoms with Gasteiger partial charge >= 0.3 is 0 Å². The minimum absolute atomic E-state index is 0.104. The molecule has 1 aliphatic rings. The molecule has 1 N–H and O–H groups in total. The Balaban J connectivity index is 1.91. The highest BCUT2D eigenvalue weighted by molar-refractivity contribution is 7.91. The second-order valence-electron chi connectivity index (χ2n) is 7.04. The molecule has 1 saturated heterocycles. The minimum Gasteiger partial charge on any atom is -0.351 e. The Kier molecular flexibility index (Phi) is 4.96. The first-order chi connectivity index (χ1) is 13.4. The average Bonchev–Trinajstić information content (AvgIpc) is 3.36. The molecule has 1 unspecified atom stereocenters. The van der Waals surface area contributed by atoms with Crippen molar-refractivity contribution in [1.29, 1.82) is 0 Å². The number of imidazole rings is 1. The van der Waals surface area contributed by atoms with Gasteiger partial charge in [0.2, 0.25) is 0 Å². The van der Waals surface area contributed by atoms with E-state index in [1.807, 2.05) is 42.0 Å². The highest BCUT2D eigenvalue weighted by atomic mass is 32.2. The second-order valence-corrected chi connectivity index (χ2v) is 10.2. The summed E-state index contributed by atoms with van der Waals surface area (Å²) >= 11 is 1.55. The van der Waals surface area contributed by atoms with E-state index in [0.29, 0.717) is 30.0 Å². The van der Waals surface area contributed by atoms with Gasteiger partial charge in [-0.05, 0) is 37.3 Å². The van der Waals surface area contributed by atoms with E-state index in [0.717, 1.165) is 16.8 Å². The van der Waals surface area contributed by atoms with Crippen molar-refractivity contribution in [2.75, 3.05) is 18.1 Å². The second kappa shape index (κ2) is 7.29. The van der Waals surface area contributed by atoms with Crippen molar-refractivity contribution in [1.82, 2.24) is 19.9 Å². The average molecular weight is 419 g/mol. The topological polar surface area (TPSA) is 93.9 Å². The summed E-state index contributed by atoms with van der Waals surface area (Å²) < 4.78 is 26.0. The van der Waals surface area contributed by atoms with Crippen molar-refractivity contribution in [2.45, 2.75) is 32.7 Å². The molecule has 4 heterocycles. The highest BCUT2D eigenvalue weighted by Gasteiger charge is 2.32. The first-order valence-electron chi connectivity index (χ1n) is 9.31. The van der Waals surface area contributed by atoms with Gasteiger partial charge in [0, 0.05) is 6.54 Å². The fraction of sp³-hybridized carbons (Fsp3) is 0.421. The highest BCUT2D eigenvalue weighted by Crippen LogP contribution is 2.33. The molecule has 1 fully saturated rings. The van der Waals surface area contributed by atoms with Gasteiger partial charge in [-0.2, -0.15) is 0 Å². The molecule has 3 aromatic rings. The normalized spacial score (nSPS) is 18.6. The lowest BCUT2D eigenvalue weighted by Gasteiger charge is -2.14. The van der Waals surface area contributed by atoms with Crippen molar-refractivity contribution in [3.63, 3.8) is 0 Å². The van der Waals surface area contributed by atoms with Crippen LogP contribution >= 0.6 is 11.3 Å². The van der Waals surface area contributed by atoms with Crippen LogP contribution in [0.25, 0.3) is 21.6 Å². The van der Waals surface area contributed by atoms with E-state index in [9.17, 15) is 13.2 Å². The lowest BCUT2D eigenvalue weighted by atomic mass is 10.2. The third-order valence-corrected chi connectivity index (χ3v) is 7.59. The zero-order valence-corrected chi connectivity index (χ0v) is 17.4. The van der Waals surface area contributed by atoms with Crippen LogP contribution in [0.15, 0.2) is 23.6 Å². The predicted octanol–water partition coefficient (Wildman–Crippen LogP) is 2.97. The molecule has 1 aliphatic heterocycles. The molecule has 0 aliphatic carbocycles. The van der Waals surface area contributed by atoms with Crippen molar-refractivity contribution < 1.29 is 13.2 Å². The Labute approximate surface area is 167 Å². The van der Waals surface area contributed by atoms with E-state index < -0.39 is 9.84 Å². The summed E-state index contributed by atoms with van der Waals surface area (Å²) in [6.07, 6.45) is 1.38. The molecule has 9 heteroatoms. The summed E-state index contributed by atoms with van der Waals surface area (Å²) in [5.74, 6) is 0.734. The Bertz CT molecular complexity index is 1130. The minimum atomic E-state index is -3.04. The van der Waals surface area contributed by atoms with E-state index in [1.165, 1.54) is 0 Å². The smallest absolute Gasteiger partial charge is 0.272 e. The molecule has 0 spiro atoms. The van der Waals surface area contributed by atoms with Gasteiger partial charge in [0.15, 0.2) is 15.5 Å².